The monoisotopic (exact) mass is 295 g/mol. The third-order valence-electron chi connectivity index (χ3n) is 3.84. The molecule has 0 aliphatic carbocycles. The number of aliphatic hydroxyl groups excluding tert-OH is 1. The summed E-state index contributed by atoms with van der Waals surface area (Å²) >= 11 is 0. The van der Waals surface area contributed by atoms with Crippen molar-refractivity contribution in [3.8, 4) is 0 Å². The van der Waals surface area contributed by atoms with Gasteiger partial charge in [0, 0.05) is 11.7 Å². The summed E-state index contributed by atoms with van der Waals surface area (Å²) in [6.45, 7) is 1.10. The number of benzene rings is 1. The molecule has 0 spiro atoms. The Balaban J connectivity index is 1.94. The molecule has 1 heterocycles. The number of amides is 1. The number of carbonyl (C=O) groups excluding carboxylic acids is 1. The number of anilines is 2. The highest BCUT2D eigenvalue weighted by atomic mass is 19.1. The zero-order valence-electron chi connectivity index (χ0n) is 12.0. The van der Waals surface area contributed by atoms with Gasteiger partial charge >= 0.3 is 0 Å². The fourth-order valence-electron chi connectivity index (χ4n) is 2.66. The van der Waals surface area contributed by atoms with Gasteiger partial charge in [-0.05, 0) is 37.6 Å². The third kappa shape index (κ3) is 4.41. The summed E-state index contributed by atoms with van der Waals surface area (Å²) in [4.78, 5) is 14.1. The Morgan fingerprint density at radius 3 is 2.95 bits per heavy atom. The van der Waals surface area contributed by atoms with Crippen molar-refractivity contribution in [3.63, 3.8) is 0 Å². The fourth-order valence-corrected chi connectivity index (χ4v) is 2.66. The number of nitrogens with two attached hydrogens (primary N) is 1. The molecule has 6 heteroatoms. The second-order valence-corrected chi connectivity index (χ2v) is 5.44. The normalized spacial score (nSPS) is 20.0. The first-order valence-electron chi connectivity index (χ1n) is 7.30. The first kappa shape index (κ1) is 15.7. The predicted octanol–water partition coefficient (Wildman–Crippen LogP) is 1.58. The molecule has 1 unspecified atom stereocenters. The maximum Gasteiger partial charge on any atom is 0.238 e. The molecule has 1 aromatic carbocycles. The molecule has 0 saturated carbocycles. The first-order chi connectivity index (χ1) is 10.1. The van der Waals surface area contributed by atoms with Crippen LogP contribution in [0.2, 0.25) is 0 Å². The molecular formula is C15H22FN3O2. The molecule has 2 rings (SSSR count). The van der Waals surface area contributed by atoms with Crippen LogP contribution in [-0.2, 0) is 4.79 Å². The summed E-state index contributed by atoms with van der Waals surface area (Å²) in [6, 6.07) is 4.15. The summed E-state index contributed by atoms with van der Waals surface area (Å²) < 4.78 is 13.1. The summed E-state index contributed by atoms with van der Waals surface area (Å²) in [5.74, 6) is -0.679. The minimum absolute atomic E-state index is 0.0100. The quantitative estimate of drug-likeness (QED) is 0.737. The standard InChI is InChI=1S/C15H22FN3O2/c16-13-6-5-11(8-14(13)17)18-15(21)9-19-7-3-1-2-4-12(19)10-20/h5-6,8,12,20H,1-4,7,9-10,17H2,(H,18,21). The molecule has 1 atom stereocenters. The van der Waals surface area contributed by atoms with E-state index in [1.54, 1.807) is 0 Å². The number of carbonyl (C=O) groups is 1. The van der Waals surface area contributed by atoms with E-state index in [-0.39, 0.29) is 30.8 Å². The molecule has 1 fully saturated rings. The Kier molecular flexibility index (Phi) is 5.52. The van der Waals surface area contributed by atoms with Crippen molar-refractivity contribution >= 4 is 17.3 Å². The van der Waals surface area contributed by atoms with E-state index in [1.165, 1.54) is 18.2 Å². The van der Waals surface area contributed by atoms with Crippen LogP contribution in [-0.4, -0.2) is 41.7 Å². The number of hydrogen-bond acceptors (Lipinski definition) is 4. The van der Waals surface area contributed by atoms with E-state index in [0.29, 0.717) is 5.69 Å². The number of nitrogens with zero attached hydrogens (tertiary/aromatic N) is 1. The van der Waals surface area contributed by atoms with Gasteiger partial charge in [0.25, 0.3) is 0 Å². The number of hydrogen-bond donors (Lipinski definition) is 3. The van der Waals surface area contributed by atoms with Crippen LogP contribution in [0.25, 0.3) is 0 Å². The Hall–Kier alpha value is -1.66. The fraction of sp³-hybridized carbons (Fsp3) is 0.533. The number of rotatable bonds is 4. The van der Waals surface area contributed by atoms with Gasteiger partial charge in [0.1, 0.15) is 5.82 Å². The molecule has 5 nitrogen and oxygen atoms in total. The van der Waals surface area contributed by atoms with Crippen LogP contribution in [0.5, 0.6) is 0 Å². The second kappa shape index (κ2) is 7.38. The van der Waals surface area contributed by atoms with Crippen LogP contribution in [0.4, 0.5) is 15.8 Å². The molecular weight excluding hydrogens is 273 g/mol. The van der Waals surface area contributed by atoms with Gasteiger partial charge in [-0.1, -0.05) is 12.8 Å². The van der Waals surface area contributed by atoms with Gasteiger partial charge in [-0.25, -0.2) is 4.39 Å². The van der Waals surface area contributed by atoms with E-state index in [1.807, 2.05) is 4.90 Å². The number of nitrogens with one attached hydrogen (secondary N) is 1. The number of aliphatic hydroxyl groups is 1. The molecule has 116 valence electrons. The first-order valence-corrected chi connectivity index (χ1v) is 7.30. The minimum Gasteiger partial charge on any atom is -0.396 e. The van der Waals surface area contributed by atoms with E-state index in [4.69, 9.17) is 5.73 Å². The van der Waals surface area contributed by atoms with E-state index in [9.17, 15) is 14.3 Å². The van der Waals surface area contributed by atoms with Gasteiger partial charge < -0.3 is 16.2 Å². The van der Waals surface area contributed by atoms with Crippen LogP contribution in [0.3, 0.4) is 0 Å². The van der Waals surface area contributed by atoms with E-state index < -0.39 is 5.82 Å². The maximum atomic E-state index is 13.1. The highest BCUT2D eigenvalue weighted by molar-refractivity contribution is 5.92. The van der Waals surface area contributed by atoms with Crippen molar-refractivity contribution in [2.75, 3.05) is 30.7 Å². The van der Waals surface area contributed by atoms with Gasteiger partial charge in [-0.15, -0.1) is 0 Å². The summed E-state index contributed by atoms with van der Waals surface area (Å²) in [5, 5.41) is 12.1. The molecule has 4 N–H and O–H groups in total. The number of nitrogen functional groups attached to an aromatic ring is 1. The SMILES string of the molecule is Nc1cc(NC(=O)CN2CCCCCC2CO)ccc1F. The van der Waals surface area contributed by atoms with Gasteiger partial charge in [0.2, 0.25) is 5.91 Å². The Morgan fingerprint density at radius 1 is 1.43 bits per heavy atom. The summed E-state index contributed by atoms with van der Waals surface area (Å²) in [5.41, 5.74) is 5.97. The third-order valence-corrected chi connectivity index (χ3v) is 3.84. The van der Waals surface area contributed by atoms with Gasteiger partial charge in [-0.3, -0.25) is 9.69 Å². The molecule has 1 aliphatic heterocycles. The summed E-state index contributed by atoms with van der Waals surface area (Å²) in [7, 11) is 0. The Labute approximate surface area is 123 Å². The maximum absolute atomic E-state index is 13.1. The molecule has 1 aromatic rings. The highest BCUT2D eigenvalue weighted by Gasteiger charge is 2.22. The average molecular weight is 295 g/mol. The highest BCUT2D eigenvalue weighted by Crippen LogP contribution is 2.18. The number of likely N-dealkylation sites (tertiary alicyclic amines) is 1. The van der Waals surface area contributed by atoms with Crippen LogP contribution >= 0.6 is 0 Å². The van der Waals surface area contributed by atoms with Crippen molar-refractivity contribution in [2.45, 2.75) is 31.7 Å². The van der Waals surface area contributed by atoms with Crippen LogP contribution in [0.1, 0.15) is 25.7 Å². The molecule has 1 amide bonds. The lowest BCUT2D eigenvalue weighted by atomic mass is 10.1. The van der Waals surface area contributed by atoms with E-state index in [2.05, 4.69) is 5.32 Å². The van der Waals surface area contributed by atoms with Crippen molar-refractivity contribution in [2.24, 2.45) is 0 Å². The van der Waals surface area contributed by atoms with Gasteiger partial charge in [-0.2, -0.15) is 0 Å². The van der Waals surface area contributed by atoms with Gasteiger partial charge in [0.05, 0.1) is 18.8 Å². The van der Waals surface area contributed by atoms with E-state index in [0.717, 1.165) is 32.2 Å². The zero-order chi connectivity index (χ0) is 15.2. The molecule has 0 aromatic heterocycles. The summed E-state index contributed by atoms with van der Waals surface area (Å²) in [6.07, 6.45) is 4.15. The van der Waals surface area contributed by atoms with Crippen molar-refractivity contribution < 1.29 is 14.3 Å². The molecule has 21 heavy (non-hydrogen) atoms. The zero-order valence-corrected chi connectivity index (χ0v) is 12.0. The number of halogens is 1. The van der Waals surface area contributed by atoms with Crippen molar-refractivity contribution in [1.82, 2.24) is 4.90 Å². The topological polar surface area (TPSA) is 78.6 Å². The Morgan fingerprint density at radius 2 is 2.24 bits per heavy atom. The van der Waals surface area contributed by atoms with Gasteiger partial charge in [0.15, 0.2) is 0 Å². The second-order valence-electron chi connectivity index (χ2n) is 5.44. The Bertz CT molecular complexity index is 496. The van der Waals surface area contributed by atoms with Crippen molar-refractivity contribution in [3.05, 3.63) is 24.0 Å². The lowest BCUT2D eigenvalue weighted by Gasteiger charge is -2.27. The smallest absolute Gasteiger partial charge is 0.238 e. The van der Waals surface area contributed by atoms with E-state index >= 15 is 0 Å². The molecule has 1 aliphatic rings. The molecule has 0 bridgehead atoms. The molecule has 1 saturated heterocycles. The lowest BCUT2D eigenvalue weighted by Crippen LogP contribution is -2.42. The van der Waals surface area contributed by atoms with Crippen molar-refractivity contribution in [1.29, 1.82) is 0 Å². The van der Waals surface area contributed by atoms with Crippen LogP contribution in [0.15, 0.2) is 18.2 Å². The predicted molar refractivity (Wildman–Crippen MR) is 80.4 cm³/mol. The lowest BCUT2D eigenvalue weighted by molar-refractivity contribution is -0.118. The largest absolute Gasteiger partial charge is 0.396 e. The van der Waals surface area contributed by atoms with Crippen LogP contribution < -0.4 is 11.1 Å². The molecule has 0 radical (unpaired) electrons. The van der Waals surface area contributed by atoms with Crippen LogP contribution in [0, 0.1) is 5.82 Å². The average Bonchev–Trinajstić information content (AvgIpc) is 2.68. The minimum atomic E-state index is -0.499.